The number of piperidine rings is 1. The summed E-state index contributed by atoms with van der Waals surface area (Å²) in [5.74, 6) is 1.34. The van der Waals surface area contributed by atoms with Crippen molar-refractivity contribution in [2.75, 3.05) is 20.2 Å². The Labute approximate surface area is 178 Å². The van der Waals surface area contributed by atoms with Crippen molar-refractivity contribution in [2.45, 2.75) is 31.6 Å². The Morgan fingerprint density at radius 2 is 1.83 bits per heavy atom. The minimum atomic E-state index is 0.240. The van der Waals surface area contributed by atoms with Crippen LogP contribution in [0.5, 0.6) is 5.75 Å². The van der Waals surface area contributed by atoms with Gasteiger partial charge in [-0.3, -0.25) is 9.78 Å². The number of hydrogen-bond acceptors (Lipinski definition) is 3. The van der Waals surface area contributed by atoms with Crippen molar-refractivity contribution < 1.29 is 9.53 Å². The van der Waals surface area contributed by atoms with Gasteiger partial charge in [-0.15, -0.1) is 0 Å². The number of carbonyl (C=O) groups is 1. The first-order valence-corrected chi connectivity index (χ1v) is 10.7. The number of methoxy groups -OCH3 is 1. The maximum Gasteiger partial charge on any atom is 0.222 e. The molecule has 1 atom stereocenters. The van der Waals surface area contributed by atoms with Crippen molar-refractivity contribution in [3.05, 3.63) is 84.1 Å². The van der Waals surface area contributed by atoms with Gasteiger partial charge in [0.15, 0.2) is 0 Å². The highest BCUT2D eigenvalue weighted by molar-refractivity contribution is 5.76. The lowest BCUT2D eigenvalue weighted by Crippen LogP contribution is -2.39. The molecule has 4 nitrogen and oxygen atoms in total. The van der Waals surface area contributed by atoms with Gasteiger partial charge in [0.25, 0.3) is 0 Å². The van der Waals surface area contributed by atoms with Crippen LogP contribution in [0, 0.1) is 0 Å². The molecule has 1 saturated heterocycles. The molecule has 0 spiro atoms. The average Bonchev–Trinajstić information content (AvgIpc) is 2.83. The fraction of sp³-hybridized carbons (Fsp3) is 0.308. The molecule has 0 unspecified atom stereocenters. The van der Waals surface area contributed by atoms with Crippen LogP contribution in [-0.4, -0.2) is 36.0 Å². The fourth-order valence-corrected chi connectivity index (χ4v) is 4.18. The van der Waals surface area contributed by atoms with Gasteiger partial charge in [-0.2, -0.15) is 0 Å². The van der Waals surface area contributed by atoms with E-state index in [1.807, 2.05) is 53.4 Å². The molecule has 0 bridgehead atoms. The minimum Gasteiger partial charge on any atom is -0.496 e. The number of rotatable bonds is 6. The molecular formula is C26H28N2O2. The summed E-state index contributed by atoms with van der Waals surface area (Å²) in [6, 6.07) is 24.3. The molecule has 0 saturated carbocycles. The molecule has 4 rings (SSSR count). The Balaban J connectivity index is 1.45. The van der Waals surface area contributed by atoms with Gasteiger partial charge in [0.05, 0.1) is 12.8 Å². The van der Waals surface area contributed by atoms with Crippen LogP contribution >= 0.6 is 0 Å². The van der Waals surface area contributed by atoms with E-state index in [1.165, 1.54) is 5.56 Å². The molecule has 0 aliphatic carbocycles. The van der Waals surface area contributed by atoms with Gasteiger partial charge in [-0.05, 0) is 49.1 Å². The van der Waals surface area contributed by atoms with Gasteiger partial charge >= 0.3 is 0 Å². The van der Waals surface area contributed by atoms with E-state index in [-0.39, 0.29) is 11.8 Å². The number of benzene rings is 2. The predicted molar refractivity (Wildman–Crippen MR) is 120 cm³/mol. The Morgan fingerprint density at radius 1 is 1.03 bits per heavy atom. The molecule has 154 valence electrons. The van der Waals surface area contributed by atoms with E-state index in [0.29, 0.717) is 6.42 Å². The highest BCUT2D eigenvalue weighted by Crippen LogP contribution is 2.31. The van der Waals surface area contributed by atoms with Gasteiger partial charge in [-0.1, -0.05) is 48.5 Å². The van der Waals surface area contributed by atoms with Crippen molar-refractivity contribution in [1.29, 1.82) is 0 Å². The number of pyridine rings is 1. The molecule has 2 aromatic carbocycles. The minimum absolute atomic E-state index is 0.240. The summed E-state index contributed by atoms with van der Waals surface area (Å²) < 4.78 is 5.50. The third kappa shape index (κ3) is 4.70. The van der Waals surface area contributed by atoms with Gasteiger partial charge in [0.2, 0.25) is 5.91 Å². The Kier molecular flexibility index (Phi) is 6.43. The van der Waals surface area contributed by atoms with E-state index in [9.17, 15) is 4.79 Å². The summed E-state index contributed by atoms with van der Waals surface area (Å²) in [5.41, 5.74) is 4.18. The van der Waals surface area contributed by atoms with Gasteiger partial charge < -0.3 is 9.64 Å². The van der Waals surface area contributed by atoms with Crippen LogP contribution in [0.25, 0.3) is 11.3 Å². The summed E-state index contributed by atoms with van der Waals surface area (Å²) in [5, 5.41) is 0. The lowest BCUT2D eigenvalue weighted by atomic mass is 9.93. The maximum absolute atomic E-state index is 12.8. The van der Waals surface area contributed by atoms with Crippen molar-refractivity contribution in [3.63, 3.8) is 0 Å². The van der Waals surface area contributed by atoms with Crippen molar-refractivity contribution in [2.24, 2.45) is 0 Å². The number of ether oxygens (including phenoxy) is 1. The number of aromatic nitrogens is 1. The third-order valence-corrected chi connectivity index (χ3v) is 5.82. The highest BCUT2D eigenvalue weighted by atomic mass is 16.5. The smallest absolute Gasteiger partial charge is 0.222 e. The predicted octanol–water partition coefficient (Wildman–Crippen LogP) is 5.10. The summed E-state index contributed by atoms with van der Waals surface area (Å²) in [6.07, 6.45) is 3.43. The number of aryl methyl sites for hydroxylation is 1. The first kappa shape index (κ1) is 20.1. The highest BCUT2D eigenvalue weighted by Gasteiger charge is 2.25. The quantitative estimate of drug-likeness (QED) is 0.578. The topological polar surface area (TPSA) is 42.4 Å². The zero-order chi connectivity index (χ0) is 20.8. The molecule has 1 aliphatic rings. The van der Waals surface area contributed by atoms with Gasteiger partial charge in [0.1, 0.15) is 5.75 Å². The molecule has 0 radical (unpaired) electrons. The summed E-state index contributed by atoms with van der Waals surface area (Å²) >= 11 is 0. The van der Waals surface area contributed by atoms with E-state index in [2.05, 4.69) is 24.3 Å². The molecule has 1 amide bonds. The maximum atomic E-state index is 12.8. The Morgan fingerprint density at radius 3 is 2.67 bits per heavy atom. The second-order valence-electron chi connectivity index (χ2n) is 7.81. The van der Waals surface area contributed by atoms with Crippen LogP contribution in [0.15, 0.2) is 72.8 Å². The lowest BCUT2D eigenvalue weighted by molar-refractivity contribution is -0.132. The first-order valence-electron chi connectivity index (χ1n) is 10.7. The monoisotopic (exact) mass is 400 g/mol. The number of carbonyl (C=O) groups excluding carboxylic acids is 1. The lowest BCUT2D eigenvalue weighted by Gasteiger charge is -2.32. The van der Waals surface area contributed by atoms with Crippen LogP contribution in [0.1, 0.15) is 36.4 Å². The first-order chi connectivity index (χ1) is 14.7. The fourth-order valence-electron chi connectivity index (χ4n) is 4.18. The summed E-state index contributed by atoms with van der Waals surface area (Å²) in [6.45, 7) is 1.59. The normalized spacial score (nSPS) is 16.3. The number of likely N-dealkylation sites (tertiary alicyclic amines) is 1. The van der Waals surface area contributed by atoms with Crippen LogP contribution in [0.2, 0.25) is 0 Å². The molecule has 1 aliphatic heterocycles. The van der Waals surface area contributed by atoms with E-state index >= 15 is 0 Å². The van der Waals surface area contributed by atoms with E-state index in [0.717, 1.165) is 55.1 Å². The van der Waals surface area contributed by atoms with E-state index in [1.54, 1.807) is 7.11 Å². The number of nitrogens with zero attached hydrogens (tertiary/aromatic N) is 2. The molecule has 1 fully saturated rings. The zero-order valence-electron chi connectivity index (χ0n) is 17.5. The summed E-state index contributed by atoms with van der Waals surface area (Å²) in [7, 11) is 1.68. The molecular weight excluding hydrogens is 372 g/mol. The van der Waals surface area contributed by atoms with Gasteiger partial charge in [-0.25, -0.2) is 0 Å². The molecule has 4 heteroatoms. The Bertz CT molecular complexity index is 987. The standard InChI is InChI=1S/C26H28N2O2/c1-30-25-15-6-5-12-22(25)24-14-7-13-23(27-24)21-11-8-18-28(19-21)26(29)17-16-20-9-3-2-4-10-20/h2-7,9-10,12-15,21H,8,11,16-19H2,1H3/t21-/m0/s1. The molecule has 3 aromatic rings. The van der Waals surface area contributed by atoms with Crippen LogP contribution < -0.4 is 4.74 Å². The average molecular weight is 401 g/mol. The zero-order valence-corrected chi connectivity index (χ0v) is 17.5. The SMILES string of the molecule is COc1ccccc1-c1cccc([C@H]2CCCN(C(=O)CCc3ccccc3)C2)n1. The van der Waals surface area contributed by atoms with Crippen molar-refractivity contribution >= 4 is 5.91 Å². The van der Waals surface area contributed by atoms with Crippen LogP contribution in [0.3, 0.4) is 0 Å². The molecule has 2 heterocycles. The van der Waals surface area contributed by atoms with Crippen molar-refractivity contribution in [3.8, 4) is 17.0 Å². The van der Waals surface area contributed by atoms with E-state index in [4.69, 9.17) is 9.72 Å². The van der Waals surface area contributed by atoms with Crippen LogP contribution in [-0.2, 0) is 11.2 Å². The number of hydrogen-bond donors (Lipinski definition) is 0. The van der Waals surface area contributed by atoms with Gasteiger partial charge in [0, 0.05) is 36.7 Å². The molecule has 30 heavy (non-hydrogen) atoms. The summed E-state index contributed by atoms with van der Waals surface area (Å²) in [4.78, 5) is 19.8. The number of amides is 1. The van der Waals surface area contributed by atoms with Crippen LogP contribution in [0.4, 0.5) is 0 Å². The second-order valence-corrected chi connectivity index (χ2v) is 7.81. The molecule has 1 aromatic heterocycles. The largest absolute Gasteiger partial charge is 0.496 e. The Hall–Kier alpha value is -3.14. The van der Waals surface area contributed by atoms with Crippen molar-refractivity contribution in [1.82, 2.24) is 9.88 Å². The molecule has 0 N–H and O–H groups in total. The van der Waals surface area contributed by atoms with E-state index < -0.39 is 0 Å². The third-order valence-electron chi connectivity index (χ3n) is 5.82. The second kappa shape index (κ2) is 9.57. The number of para-hydroxylation sites is 1.